The van der Waals surface area contributed by atoms with Crippen molar-refractivity contribution < 1.29 is 14.3 Å². The first kappa shape index (κ1) is 16.5. The minimum absolute atomic E-state index is 0.0628. The number of hydrogen-bond acceptors (Lipinski definition) is 2. The number of hydrogen-bond donors (Lipinski definition) is 2. The number of phenolic OH excluding ortho intramolecular Hbond substituents is 1. The van der Waals surface area contributed by atoms with E-state index in [2.05, 4.69) is 5.32 Å². The summed E-state index contributed by atoms with van der Waals surface area (Å²) in [5, 5.41) is 13.0. The van der Waals surface area contributed by atoms with E-state index in [1.54, 1.807) is 18.2 Å². The normalized spacial score (nSPS) is 13.4. The zero-order valence-electron chi connectivity index (χ0n) is 13.6. The van der Waals surface area contributed by atoms with E-state index in [9.17, 15) is 14.3 Å². The summed E-state index contributed by atoms with van der Waals surface area (Å²) in [6.07, 6.45) is 5.24. The van der Waals surface area contributed by atoms with Crippen LogP contribution in [0.25, 0.3) is 0 Å². The highest BCUT2D eigenvalue weighted by Crippen LogP contribution is 2.30. The molecule has 2 N–H and O–H groups in total. The van der Waals surface area contributed by atoms with Crippen LogP contribution in [0.15, 0.2) is 36.4 Å². The van der Waals surface area contributed by atoms with Crippen molar-refractivity contribution in [1.29, 1.82) is 0 Å². The van der Waals surface area contributed by atoms with Gasteiger partial charge in [0.2, 0.25) is 5.91 Å². The molecule has 0 aliphatic heterocycles. The van der Waals surface area contributed by atoms with Gasteiger partial charge < -0.3 is 10.4 Å². The van der Waals surface area contributed by atoms with Crippen LogP contribution in [0.3, 0.4) is 0 Å². The maximum atomic E-state index is 12.9. The van der Waals surface area contributed by atoms with E-state index in [4.69, 9.17) is 0 Å². The van der Waals surface area contributed by atoms with Crippen LogP contribution in [0.5, 0.6) is 5.75 Å². The van der Waals surface area contributed by atoms with Crippen LogP contribution in [0.4, 0.5) is 4.39 Å². The van der Waals surface area contributed by atoms with Crippen molar-refractivity contribution in [3.63, 3.8) is 0 Å². The Morgan fingerprint density at radius 3 is 2.62 bits per heavy atom. The Kier molecular flexibility index (Phi) is 5.14. The summed E-state index contributed by atoms with van der Waals surface area (Å²) in [5.74, 6) is -0.0749. The fourth-order valence-corrected chi connectivity index (χ4v) is 3.27. The van der Waals surface area contributed by atoms with Crippen molar-refractivity contribution in [2.24, 2.45) is 0 Å². The number of amides is 1. The molecule has 0 bridgehead atoms. The summed E-state index contributed by atoms with van der Waals surface area (Å²) in [4.78, 5) is 12.1. The average molecular weight is 327 g/mol. The van der Waals surface area contributed by atoms with Crippen LogP contribution in [-0.4, -0.2) is 11.0 Å². The number of aryl methyl sites for hydroxylation is 2. The predicted molar refractivity (Wildman–Crippen MR) is 91.3 cm³/mol. The monoisotopic (exact) mass is 327 g/mol. The molecule has 0 fully saturated rings. The van der Waals surface area contributed by atoms with E-state index in [0.717, 1.165) is 30.4 Å². The molecule has 0 atom stereocenters. The molecule has 2 aromatic rings. The molecule has 1 aliphatic rings. The summed E-state index contributed by atoms with van der Waals surface area (Å²) in [6.45, 7) is 0.358. The van der Waals surface area contributed by atoms with Gasteiger partial charge in [-0.2, -0.15) is 0 Å². The van der Waals surface area contributed by atoms with Crippen LogP contribution in [0, 0.1) is 5.82 Å². The fourth-order valence-electron chi connectivity index (χ4n) is 3.27. The molecule has 0 heterocycles. The molecule has 1 aliphatic carbocycles. The largest absolute Gasteiger partial charge is 0.508 e. The number of benzene rings is 2. The quantitative estimate of drug-likeness (QED) is 0.880. The molecule has 4 heteroatoms. The van der Waals surface area contributed by atoms with Crippen molar-refractivity contribution in [1.82, 2.24) is 5.32 Å². The minimum Gasteiger partial charge on any atom is -0.508 e. The molecule has 0 radical (unpaired) electrons. The van der Waals surface area contributed by atoms with Crippen molar-refractivity contribution in [3.05, 3.63) is 64.5 Å². The predicted octanol–water partition coefficient (Wildman–Crippen LogP) is 3.66. The molecule has 2 aromatic carbocycles. The van der Waals surface area contributed by atoms with Gasteiger partial charge in [0.1, 0.15) is 11.6 Å². The van der Waals surface area contributed by atoms with Crippen molar-refractivity contribution in [3.8, 4) is 5.75 Å². The van der Waals surface area contributed by atoms with Gasteiger partial charge >= 0.3 is 0 Å². The SMILES string of the molecule is O=C(CCc1ccc(F)cc1)NCc1c(O)ccc2c1CCCC2. The molecular weight excluding hydrogens is 305 g/mol. The smallest absolute Gasteiger partial charge is 0.220 e. The lowest BCUT2D eigenvalue weighted by Crippen LogP contribution is -2.24. The van der Waals surface area contributed by atoms with E-state index in [1.807, 2.05) is 6.07 Å². The van der Waals surface area contributed by atoms with E-state index in [-0.39, 0.29) is 17.5 Å². The first-order chi connectivity index (χ1) is 11.6. The highest BCUT2D eigenvalue weighted by Gasteiger charge is 2.16. The number of carbonyl (C=O) groups is 1. The second-order valence-electron chi connectivity index (χ2n) is 6.31. The molecule has 1 amide bonds. The topological polar surface area (TPSA) is 49.3 Å². The third-order valence-corrected chi connectivity index (χ3v) is 4.64. The Morgan fingerprint density at radius 2 is 1.83 bits per heavy atom. The van der Waals surface area contributed by atoms with E-state index in [1.165, 1.54) is 29.7 Å². The molecule has 0 saturated carbocycles. The molecule has 0 aromatic heterocycles. The summed E-state index contributed by atoms with van der Waals surface area (Å²) in [7, 11) is 0. The first-order valence-corrected chi connectivity index (χ1v) is 8.47. The standard InChI is InChI=1S/C20H22FNO2/c21-16-9-5-14(6-10-16)7-12-20(24)22-13-18-17-4-2-1-3-15(17)8-11-19(18)23/h5-6,8-11,23H,1-4,7,12-13H2,(H,22,24). The Morgan fingerprint density at radius 1 is 1.08 bits per heavy atom. The number of fused-ring (bicyclic) bond motifs is 1. The maximum Gasteiger partial charge on any atom is 0.220 e. The van der Waals surface area contributed by atoms with E-state index < -0.39 is 0 Å². The lowest BCUT2D eigenvalue weighted by atomic mass is 9.87. The molecule has 3 rings (SSSR count). The van der Waals surface area contributed by atoms with Crippen LogP contribution in [0.1, 0.15) is 41.5 Å². The third-order valence-electron chi connectivity index (χ3n) is 4.64. The zero-order chi connectivity index (χ0) is 16.9. The summed E-state index contributed by atoms with van der Waals surface area (Å²) in [6, 6.07) is 9.92. The van der Waals surface area contributed by atoms with Crippen LogP contribution in [0.2, 0.25) is 0 Å². The maximum absolute atomic E-state index is 12.9. The Labute approximate surface area is 141 Å². The lowest BCUT2D eigenvalue weighted by Gasteiger charge is -2.20. The van der Waals surface area contributed by atoms with Gasteiger partial charge in [0.05, 0.1) is 0 Å². The molecule has 24 heavy (non-hydrogen) atoms. The highest BCUT2D eigenvalue weighted by atomic mass is 19.1. The summed E-state index contributed by atoms with van der Waals surface area (Å²) < 4.78 is 12.9. The second kappa shape index (κ2) is 7.47. The van der Waals surface area contributed by atoms with Gasteiger partial charge in [0.15, 0.2) is 0 Å². The Hall–Kier alpha value is -2.36. The van der Waals surface area contributed by atoms with E-state index in [0.29, 0.717) is 19.4 Å². The highest BCUT2D eigenvalue weighted by molar-refractivity contribution is 5.76. The van der Waals surface area contributed by atoms with Gasteiger partial charge in [-0.05, 0) is 67.0 Å². The van der Waals surface area contributed by atoms with Crippen LogP contribution < -0.4 is 5.32 Å². The van der Waals surface area contributed by atoms with Crippen LogP contribution in [-0.2, 0) is 30.6 Å². The molecule has 3 nitrogen and oxygen atoms in total. The molecule has 0 spiro atoms. The third kappa shape index (κ3) is 3.94. The lowest BCUT2D eigenvalue weighted by molar-refractivity contribution is -0.121. The van der Waals surface area contributed by atoms with Gasteiger partial charge in [-0.3, -0.25) is 4.79 Å². The first-order valence-electron chi connectivity index (χ1n) is 8.47. The Bertz CT molecular complexity index is 725. The summed E-state index contributed by atoms with van der Waals surface area (Å²) >= 11 is 0. The molecule has 0 saturated heterocycles. The van der Waals surface area contributed by atoms with Gasteiger partial charge in [-0.25, -0.2) is 4.39 Å². The van der Waals surface area contributed by atoms with E-state index >= 15 is 0 Å². The summed E-state index contributed by atoms with van der Waals surface area (Å²) in [5.41, 5.74) is 4.27. The number of aromatic hydroxyl groups is 1. The zero-order valence-corrected chi connectivity index (χ0v) is 13.6. The number of halogens is 1. The second-order valence-corrected chi connectivity index (χ2v) is 6.31. The number of rotatable bonds is 5. The molecule has 0 unspecified atom stereocenters. The van der Waals surface area contributed by atoms with Gasteiger partial charge in [-0.15, -0.1) is 0 Å². The van der Waals surface area contributed by atoms with Crippen LogP contribution >= 0.6 is 0 Å². The van der Waals surface area contributed by atoms with Gasteiger partial charge in [0, 0.05) is 18.5 Å². The van der Waals surface area contributed by atoms with Crippen molar-refractivity contribution >= 4 is 5.91 Å². The fraction of sp³-hybridized carbons (Fsp3) is 0.350. The molecular formula is C20H22FNO2. The number of phenols is 1. The number of nitrogens with one attached hydrogen (secondary N) is 1. The van der Waals surface area contributed by atoms with Crippen molar-refractivity contribution in [2.45, 2.75) is 45.1 Å². The molecule has 126 valence electrons. The van der Waals surface area contributed by atoms with Gasteiger partial charge in [0.25, 0.3) is 0 Å². The average Bonchev–Trinajstić information content (AvgIpc) is 2.60. The van der Waals surface area contributed by atoms with Gasteiger partial charge in [-0.1, -0.05) is 18.2 Å². The minimum atomic E-state index is -0.271. The number of carbonyl (C=O) groups excluding carboxylic acids is 1. The Balaban J connectivity index is 1.57. The van der Waals surface area contributed by atoms with Crippen molar-refractivity contribution in [2.75, 3.05) is 0 Å².